The van der Waals surface area contributed by atoms with Crippen LogP contribution in [0, 0.1) is 12.8 Å². The summed E-state index contributed by atoms with van der Waals surface area (Å²) in [4.78, 5) is 42.7. The molecule has 3 N–H and O–H groups in total. The Labute approximate surface area is 193 Å². The molecule has 12 heteroatoms. The van der Waals surface area contributed by atoms with E-state index in [-0.39, 0.29) is 29.1 Å². The quantitative estimate of drug-likeness (QED) is 0.582. The Hall–Kier alpha value is -3.57. The first-order valence-corrected chi connectivity index (χ1v) is 10.7. The highest BCUT2D eigenvalue weighted by Gasteiger charge is 2.62. The van der Waals surface area contributed by atoms with Gasteiger partial charge in [-0.2, -0.15) is 13.2 Å². The Balaban J connectivity index is 1.60. The standard InChI is InChI=1S/C22H24F3N5O4/c1-11-6-15-9-21(8-11,19(32)29-28-13(3)31)30(15)20(33)27-14-4-5-17(22(23,24)25)16(7-14)18-26-12(2)10-34-18/h4-5,7,10-11,15H,6,8-9H2,1-3H3,(H,27,33)(H,28,31)(H,29,32)/t11-,15-,21?/m1/s1. The van der Waals surface area contributed by atoms with Crippen molar-refractivity contribution in [3.63, 3.8) is 0 Å². The molecule has 34 heavy (non-hydrogen) atoms. The van der Waals surface area contributed by atoms with Crippen LogP contribution in [0.2, 0.25) is 0 Å². The average Bonchev–Trinajstić information content (AvgIpc) is 3.16. The van der Waals surface area contributed by atoms with Crippen LogP contribution in [0.1, 0.15) is 44.4 Å². The van der Waals surface area contributed by atoms with Crippen molar-refractivity contribution in [2.75, 3.05) is 5.32 Å². The van der Waals surface area contributed by atoms with Gasteiger partial charge in [-0.1, -0.05) is 6.92 Å². The maximum Gasteiger partial charge on any atom is 0.417 e. The fourth-order valence-corrected chi connectivity index (χ4v) is 4.93. The maximum atomic E-state index is 13.5. The van der Waals surface area contributed by atoms with Gasteiger partial charge in [-0.15, -0.1) is 0 Å². The lowest BCUT2D eigenvalue weighted by Crippen LogP contribution is -2.77. The predicted octanol–water partition coefficient (Wildman–Crippen LogP) is 3.61. The summed E-state index contributed by atoms with van der Waals surface area (Å²) in [5, 5.41) is 2.61. The van der Waals surface area contributed by atoms with E-state index in [1.54, 1.807) is 6.92 Å². The lowest BCUT2D eigenvalue weighted by atomic mass is 9.64. The summed E-state index contributed by atoms with van der Waals surface area (Å²) >= 11 is 0. The zero-order chi connectivity index (χ0) is 24.8. The number of rotatable bonds is 3. The smallest absolute Gasteiger partial charge is 0.417 e. The number of carbonyl (C=O) groups is 3. The third-order valence-electron chi connectivity index (χ3n) is 6.18. The maximum absolute atomic E-state index is 13.5. The lowest BCUT2D eigenvalue weighted by Gasteiger charge is -2.61. The number of amides is 4. The monoisotopic (exact) mass is 479 g/mol. The van der Waals surface area contributed by atoms with Gasteiger partial charge in [0.15, 0.2) is 0 Å². The van der Waals surface area contributed by atoms with Gasteiger partial charge >= 0.3 is 12.2 Å². The van der Waals surface area contributed by atoms with Crippen LogP contribution in [-0.4, -0.2) is 39.3 Å². The van der Waals surface area contributed by atoms with Crippen molar-refractivity contribution in [3.8, 4) is 11.5 Å². The molecule has 182 valence electrons. The number of benzene rings is 1. The Morgan fingerprint density at radius 2 is 1.94 bits per heavy atom. The SMILES string of the molecule is CC(=O)NNC(=O)C12C[C@H](C)C[C@H](C1)N2C(=O)Nc1ccc(C(F)(F)F)c(-c2nc(C)co2)c1. The van der Waals surface area contributed by atoms with Crippen LogP contribution in [-0.2, 0) is 15.8 Å². The summed E-state index contributed by atoms with van der Waals surface area (Å²) < 4.78 is 45.8. The number of nitrogens with one attached hydrogen (secondary N) is 3. The van der Waals surface area contributed by atoms with Gasteiger partial charge in [-0.05, 0) is 43.9 Å². The highest BCUT2D eigenvalue weighted by atomic mass is 19.4. The molecule has 2 bridgehead atoms. The van der Waals surface area contributed by atoms with E-state index in [0.29, 0.717) is 25.0 Å². The second-order valence-corrected chi connectivity index (χ2v) is 8.92. The molecule has 1 unspecified atom stereocenters. The molecule has 1 aliphatic carbocycles. The number of hydrogen-bond acceptors (Lipinski definition) is 5. The van der Waals surface area contributed by atoms with Crippen molar-refractivity contribution in [1.29, 1.82) is 0 Å². The van der Waals surface area contributed by atoms with Gasteiger partial charge in [-0.3, -0.25) is 20.4 Å². The molecular formula is C22H24F3N5O4. The first-order chi connectivity index (χ1) is 15.9. The van der Waals surface area contributed by atoms with Crippen LogP contribution in [0.3, 0.4) is 0 Å². The molecule has 9 nitrogen and oxygen atoms in total. The molecular weight excluding hydrogens is 455 g/mol. The molecule has 0 radical (unpaired) electrons. The van der Waals surface area contributed by atoms with Crippen LogP contribution < -0.4 is 16.2 Å². The van der Waals surface area contributed by atoms with Gasteiger partial charge in [-0.25, -0.2) is 9.78 Å². The van der Waals surface area contributed by atoms with E-state index in [1.807, 2.05) is 6.92 Å². The highest BCUT2D eigenvalue weighted by molar-refractivity contribution is 5.99. The molecule has 4 rings (SSSR count). The molecule has 1 aromatic heterocycles. The lowest BCUT2D eigenvalue weighted by molar-refractivity contribution is -0.157. The molecule has 2 fully saturated rings. The number of piperidine rings is 1. The minimum absolute atomic E-state index is 0.0966. The summed E-state index contributed by atoms with van der Waals surface area (Å²) in [6.45, 7) is 4.80. The zero-order valence-corrected chi connectivity index (χ0v) is 18.7. The van der Waals surface area contributed by atoms with Crippen molar-refractivity contribution < 1.29 is 32.0 Å². The van der Waals surface area contributed by atoms with E-state index >= 15 is 0 Å². The van der Waals surface area contributed by atoms with Crippen LogP contribution in [0.25, 0.3) is 11.5 Å². The number of fused-ring (bicyclic) bond motifs is 2. The van der Waals surface area contributed by atoms with E-state index in [1.165, 1.54) is 18.1 Å². The summed E-state index contributed by atoms with van der Waals surface area (Å²) in [7, 11) is 0. The number of anilines is 1. The second-order valence-electron chi connectivity index (χ2n) is 8.92. The Morgan fingerprint density at radius 1 is 1.21 bits per heavy atom. The molecule has 1 saturated heterocycles. The van der Waals surface area contributed by atoms with Crippen LogP contribution in [0.15, 0.2) is 28.9 Å². The zero-order valence-electron chi connectivity index (χ0n) is 18.7. The number of hydrazine groups is 1. The van der Waals surface area contributed by atoms with Gasteiger partial charge in [0.25, 0.3) is 5.91 Å². The van der Waals surface area contributed by atoms with Crippen molar-refractivity contribution in [2.24, 2.45) is 5.92 Å². The minimum Gasteiger partial charge on any atom is -0.444 e. The number of carbonyl (C=O) groups excluding carboxylic acids is 3. The van der Waals surface area contributed by atoms with Crippen molar-refractivity contribution in [3.05, 3.63) is 35.7 Å². The van der Waals surface area contributed by atoms with E-state index in [0.717, 1.165) is 18.2 Å². The minimum atomic E-state index is -4.66. The molecule has 1 saturated carbocycles. The van der Waals surface area contributed by atoms with Crippen molar-refractivity contribution in [2.45, 2.75) is 57.8 Å². The highest BCUT2D eigenvalue weighted by Crippen LogP contribution is 2.50. The number of hydrogen-bond donors (Lipinski definition) is 3. The first kappa shape index (κ1) is 23.6. The fraction of sp³-hybridized carbons (Fsp3) is 0.455. The number of oxazole rings is 1. The summed E-state index contributed by atoms with van der Waals surface area (Å²) in [6.07, 6.45) is -1.89. The van der Waals surface area contributed by atoms with Gasteiger partial charge in [0, 0.05) is 25.1 Å². The second kappa shape index (κ2) is 8.33. The number of alkyl halides is 3. The van der Waals surface area contributed by atoms with Gasteiger partial charge in [0.2, 0.25) is 11.8 Å². The number of aryl methyl sites for hydroxylation is 1. The molecule has 2 aromatic rings. The Morgan fingerprint density at radius 3 is 2.56 bits per heavy atom. The Bertz CT molecular complexity index is 1150. The number of halogens is 3. The third kappa shape index (κ3) is 4.19. The molecule has 4 amide bonds. The van der Waals surface area contributed by atoms with Crippen LogP contribution in [0.4, 0.5) is 23.7 Å². The van der Waals surface area contributed by atoms with E-state index in [9.17, 15) is 27.6 Å². The van der Waals surface area contributed by atoms with Crippen molar-refractivity contribution in [1.82, 2.24) is 20.7 Å². The number of likely N-dealkylation sites (tertiary alicyclic amines) is 1. The van der Waals surface area contributed by atoms with Crippen molar-refractivity contribution >= 4 is 23.5 Å². The molecule has 1 aromatic carbocycles. The van der Waals surface area contributed by atoms with E-state index in [4.69, 9.17) is 4.42 Å². The average molecular weight is 479 g/mol. The largest absolute Gasteiger partial charge is 0.444 e. The topological polar surface area (TPSA) is 117 Å². The molecule has 3 atom stereocenters. The fourth-order valence-electron chi connectivity index (χ4n) is 4.93. The van der Waals surface area contributed by atoms with Gasteiger partial charge < -0.3 is 14.6 Å². The molecule has 1 aliphatic heterocycles. The van der Waals surface area contributed by atoms with Gasteiger partial charge in [0.1, 0.15) is 11.8 Å². The number of urea groups is 1. The number of nitrogens with zero attached hydrogens (tertiary/aromatic N) is 2. The molecule has 2 aliphatic rings. The van der Waals surface area contributed by atoms with Gasteiger partial charge in [0.05, 0.1) is 16.8 Å². The molecule has 0 spiro atoms. The van der Waals surface area contributed by atoms with Crippen LogP contribution in [0.5, 0.6) is 0 Å². The number of aromatic nitrogens is 1. The molecule has 2 heterocycles. The van der Waals surface area contributed by atoms with Crippen LogP contribution >= 0.6 is 0 Å². The summed E-state index contributed by atoms with van der Waals surface area (Å²) in [5.41, 5.74) is 2.69. The van der Waals surface area contributed by atoms with E-state index in [2.05, 4.69) is 21.2 Å². The Kier molecular flexibility index (Phi) is 5.78. The normalized spacial score (nSPS) is 23.6. The van der Waals surface area contributed by atoms with E-state index < -0.39 is 35.1 Å². The summed E-state index contributed by atoms with van der Waals surface area (Å²) in [5.74, 6) is -1.01. The third-order valence-corrected chi connectivity index (χ3v) is 6.18. The predicted molar refractivity (Wildman–Crippen MR) is 114 cm³/mol. The first-order valence-electron chi connectivity index (χ1n) is 10.7. The summed E-state index contributed by atoms with van der Waals surface area (Å²) in [6, 6.07) is 2.32.